The highest BCUT2D eigenvalue weighted by Gasteiger charge is 2.16. The third kappa shape index (κ3) is 5.61. The van der Waals surface area contributed by atoms with Gasteiger partial charge in [-0.25, -0.2) is 0 Å². The van der Waals surface area contributed by atoms with Gasteiger partial charge in [-0.3, -0.25) is 9.59 Å². The second-order valence-electron chi connectivity index (χ2n) is 4.97. The maximum absolute atomic E-state index is 11.8. The molecule has 0 radical (unpaired) electrons. The summed E-state index contributed by atoms with van der Waals surface area (Å²) in [4.78, 5) is 24.7. The Hall–Kier alpha value is -1.55. The topological polar surface area (TPSA) is 49.4 Å². The summed E-state index contributed by atoms with van der Waals surface area (Å²) in [5.74, 6) is -0.235. The molecule has 1 aromatic carbocycles. The summed E-state index contributed by atoms with van der Waals surface area (Å²) in [6.07, 6.45) is 0.716. The minimum absolute atomic E-state index is 0.0196. The van der Waals surface area contributed by atoms with Gasteiger partial charge in [0.15, 0.2) is 0 Å². The molecule has 0 aliphatic carbocycles. The van der Waals surface area contributed by atoms with Gasteiger partial charge in [0, 0.05) is 24.5 Å². The third-order valence-electron chi connectivity index (χ3n) is 2.97. The van der Waals surface area contributed by atoms with Gasteiger partial charge in [-0.15, -0.1) is 0 Å². The highest BCUT2D eigenvalue weighted by Crippen LogP contribution is 2.10. The molecule has 2 amide bonds. The summed E-state index contributed by atoms with van der Waals surface area (Å²) in [7, 11) is 0. The van der Waals surface area contributed by atoms with Gasteiger partial charge in [-0.05, 0) is 38.0 Å². The van der Waals surface area contributed by atoms with Crippen LogP contribution in [0.5, 0.6) is 0 Å². The number of nitrogens with zero attached hydrogens (tertiary/aromatic N) is 1. The van der Waals surface area contributed by atoms with Gasteiger partial charge in [0.05, 0.1) is 6.54 Å². The van der Waals surface area contributed by atoms with E-state index in [9.17, 15) is 9.59 Å². The molecule has 0 saturated carbocycles. The van der Waals surface area contributed by atoms with Gasteiger partial charge in [0.1, 0.15) is 0 Å². The first kappa shape index (κ1) is 16.5. The maximum Gasteiger partial charge on any atom is 0.239 e. The molecule has 0 fully saturated rings. The van der Waals surface area contributed by atoms with Crippen LogP contribution < -0.4 is 5.32 Å². The van der Waals surface area contributed by atoms with E-state index in [2.05, 4.69) is 5.32 Å². The number of nitrogens with one attached hydrogen (secondary N) is 1. The van der Waals surface area contributed by atoms with Crippen LogP contribution in [0.25, 0.3) is 0 Å². The van der Waals surface area contributed by atoms with Crippen LogP contribution in [0.15, 0.2) is 24.3 Å². The third-order valence-corrected chi connectivity index (χ3v) is 3.20. The quantitative estimate of drug-likeness (QED) is 0.875. The molecule has 0 unspecified atom stereocenters. The predicted molar refractivity (Wildman–Crippen MR) is 80.7 cm³/mol. The molecule has 0 aromatic heterocycles. The van der Waals surface area contributed by atoms with E-state index >= 15 is 0 Å². The van der Waals surface area contributed by atoms with E-state index < -0.39 is 0 Å². The summed E-state index contributed by atoms with van der Waals surface area (Å²) in [6.45, 7) is 5.88. The zero-order chi connectivity index (χ0) is 15.1. The van der Waals surface area contributed by atoms with E-state index in [1.165, 1.54) is 11.8 Å². The standard InChI is InChI=1S/C15H21ClN2O2/c1-11(2)18(12(3)19)10-15(20)17-8-7-13-5-4-6-14(16)9-13/h4-6,9,11H,7-8,10H2,1-3H3,(H,17,20). The molecule has 1 aromatic rings. The van der Waals surface area contributed by atoms with Crippen molar-refractivity contribution in [3.8, 4) is 0 Å². The number of carbonyl (C=O) groups excluding carboxylic acids is 2. The number of benzene rings is 1. The average molecular weight is 297 g/mol. The summed E-state index contributed by atoms with van der Waals surface area (Å²) in [6, 6.07) is 7.57. The Balaban J connectivity index is 2.38. The van der Waals surface area contributed by atoms with E-state index in [4.69, 9.17) is 11.6 Å². The molecule has 20 heavy (non-hydrogen) atoms. The van der Waals surface area contributed by atoms with Crippen LogP contribution in [0.4, 0.5) is 0 Å². The first-order valence-electron chi connectivity index (χ1n) is 6.68. The molecular weight excluding hydrogens is 276 g/mol. The fourth-order valence-electron chi connectivity index (χ4n) is 1.91. The van der Waals surface area contributed by atoms with Crippen LogP contribution in [-0.2, 0) is 16.0 Å². The zero-order valence-corrected chi connectivity index (χ0v) is 12.9. The molecule has 0 bridgehead atoms. The van der Waals surface area contributed by atoms with E-state index in [0.717, 1.165) is 5.56 Å². The molecule has 4 nitrogen and oxygen atoms in total. The molecule has 0 aliphatic heterocycles. The first-order valence-corrected chi connectivity index (χ1v) is 7.06. The van der Waals surface area contributed by atoms with Crippen molar-refractivity contribution in [2.45, 2.75) is 33.2 Å². The van der Waals surface area contributed by atoms with Crippen molar-refractivity contribution in [2.24, 2.45) is 0 Å². The molecule has 0 atom stereocenters. The molecule has 5 heteroatoms. The number of halogens is 1. The van der Waals surface area contributed by atoms with Crippen LogP contribution in [0.2, 0.25) is 5.02 Å². The summed E-state index contributed by atoms with van der Waals surface area (Å²) in [5.41, 5.74) is 1.07. The van der Waals surface area contributed by atoms with Crippen LogP contribution >= 0.6 is 11.6 Å². The Morgan fingerprint density at radius 1 is 1.35 bits per heavy atom. The largest absolute Gasteiger partial charge is 0.354 e. The van der Waals surface area contributed by atoms with Gasteiger partial charge >= 0.3 is 0 Å². The lowest BCUT2D eigenvalue weighted by atomic mass is 10.1. The lowest BCUT2D eigenvalue weighted by Gasteiger charge is -2.24. The normalized spacial score (nSPS) is 10.4. The zero-order valence-electron chi connectivity index (χ0n) is 12.1. The minimum Gasteiger partial charge on any atom is -0.354 e. The Labute approximate surface area is 125 Å². The van der Waals surface area contributed by atoms with Crippen molar-refractivity contribution in [3.63, 3.8) is 0 Å². The van der Waals surface area contributed by atoms with Gasteiger partial charge in [0.2, 0.25) is 11.8 Å². The average Bonchev–Trinajstić information content (AvgIpc) is 2.35. The van der Waals surface area contributed by atoms with Crippen LogP contribution in [-0.4, -0.2) is 35.8 Å². The van der Waals surface area contributed by atoms with Crippen molar-refractivity contribution in [1.82, 2.24) is 10.2 Å². The molecular formula is C15H21ClN2O2. The number of rotatable bonds is 6. The monoisotopic (exact) mass is 296 g/mol. The predicted octanol–water partition coefficient (Wildman–Crippen LogP) is 2.26. The lowest BCUT2D eigenvalue weighted by Crippen LogP contribution is -2.43. The van der Waals surface area contributed by atoms with E-state index in [1.807, 2.05) is 38.1 Å². The summed E-state index contributed by atoms with van der Waals surface area (Å²) < 4.78 is 0. The fraction of sp³-hybridized carbons (Fsp3) is 0.467. The smallest absolute Gasteiger partial charge is 0.239 e. The van der Waals surface area contributed by atoms with Gasteiger partial charge in [-0.2, -0.15) is 0 Å². The second-order valence-corrected chi connectivity index (χ2v) is 5.41. The summed E-state index contributed by atoms with van der Waals surface area (Å²) in [5, 5.41) is 3.51. The molecule has 0 heterocycles. The molecule has 1 rings (SSSR count). The van der Waals surface area contributed by atoms with Crippen molar-refractivity contribution in [1.29, 1.82) is 0 Å². The highest BCUT2D eigenvalue weighted by atomic mass is 35.5. The van der Waals surface area contributed by atoms with E-state index in [1.54, 1.807) is 0 Å². The Kier molecular flexibility index (Phi) is 6.52. The van der Waals surface area contributed by atoms with E-state index in [0.29, 0.717) is 18.0 Å². The van der Waals surface area contributed by atoms with Crippen molar-refractivity contribution < 1.29 is 9.59 Å². The molecule has 0 aliphatic rings. The van der Waals surface area contributed by atoms with Gasteiger partial charge < -0.3 is 10.2 Å². The Bertz CT molecular complexity index is 475. The van der Waals surface area contributed by atoms with Crippen molar-refractivity contribution in [3.05, 3.63) is 34.9 Å². The highest BCUT2D eigenvalue weighted by molar-refractivity contribution is 6.30. The molecule has 0 spiro atoms. The first-order chi connectivity index (χ1) is 9.40. The molecule has 110 valence electrons. The summed E-state index contributed by atoms with van der Waals surface area (Å²) >= 11 is 5.89. The van der Waals surface area contributed by atoms with Gasteiger partial charge in [0.25, 0.3) is 0 Å². The minimum atomic E-state index is -0.143. The Morgan fingerprint density at radius 2 is 2.05 bits per heavy atom. The van der Waals surface area contributed by atoms with Crippen molar-refractivity contribution in [2.75, 3.05) is 13.1 Å². The van der Waals surface area contributed by atoms with Crippen molar-refractivity contribution >= 4 is 23.4 Å². The van der Waals surface area contributed by atoms with Crippen LogP contribution in [0.3, 0.4) is 0 Å². The molecule has 1 N–H and O–H groups in total. The molecule has 0 saturated heterocycles. The van der Waals surface area contributed by atoms with Crippen LogP contribution in [0.1, 0.15) is 26.3 Å². The number of hydrogen-bond donors (Lipinski definition) is 1. The Morgan fingerprint density at radius 3 is 2.60 bits per heavy atom. The van der Waals surface area contributed by atoms with E-state index in [-0.39, 0.29) is 24.4 Å². The lowest BCUT2D eigenvalue weighted by molar-refractivity contribution is -0.135. The fourth-order valence-corrected chi connectivity index (χ4v) is 2.12. The second kappa shape index (κ2) is 7.90. The number of carbonyl (C=O) groups is 2. The SMILES string of the molecule is CC(=O)N(CC(=O)NCCc1cccc(Cl)c1)C(C)C. The van der Waals surface area contributed by atoms with Gasteiger partial charge in [-0.1, -0.05) is 23.7 Å². The van der Waals surface area contributed by atoms with Crippen LogP contribution in [0, 0.1) is 0 Å². The number of amides is 2. The number of hydrogen-bond acceptors (Lipinski definition) is 2. The maximum atomic E-state index is 11.8.